The van der Waals surface area contributed by atoms with Crippen LogP contribution in [0, 0.1) is 6.92 Å². The van der Waals surface area contributed by atoms with Gasteiger partial charge in [-0.15, -0.1) is 0 Å². The van der Waals surface area contributed by atoms with Crippen molar-refractivity contribution in [2.75, 3.05) is 17.3 Å². The zero-order valence-corrected chi connectivity index (χ0v) is 15.7. The number of para-hydroxylation sites is 1. The summed E-state index contributed by atoms with van der Waals surface area (Å²) in [5, 5.41) is 4.01. The van der Waals surface area contributed by atoms with E-state index in [1.165, 1.54) is 0 Å². The van der Waals surface area contributed by atoms with Crippen molar-refractivity contribution in [1.82, 2.24) is 9.97 Å². The first kappa shape index (κ1) is 18.2. The average Bonchev–Trinajstić information content (AvgIpc) is 2.63. The van der Waals surface area contributed by atoms with Crippen molar-refractivity contribution in [3.63, 3.8) is 0 Å². The topological polar surface area (TPSA) is 58.1 Å². The standard InChI is InChI=1S/C19H16Cl2N4O/c1-12-10-17(18(26)25(2)14-6-4-3-5-7-14)24-19(22-12)23-16-9-8-13(20)11-15(16)21/h3-11H,1-2H3,(H,22,23,24). The fourth-order valence-electron chi connectivity index (χ4n) is 2.39. The summed E-state index contributed by atoms with van der Waals surface area (Å²) in [7, 11) is 1.71. The van der Waals surface area contributed by atoms with Gasteiger partial charge in [0.05, 0.1) is 10.7 Å². The fourth-order valence-corrected chi connectivity index (χ4v) is 2.84. The van der Waals surface area contributed by atoms with E-state index >= 15 is 0 Å². The molecule has 1 heterocycles. The number of carbonyl (C=O) groups excluding carboxylic acids is 1. The van der Waals surface area contributed by atoms with Crippen LogP contribution in [0.1, 0.15) is 16.2 Å². The van der Waals surface area contributed by atoms with E-state index in [4.69, 9.17) is 23.2 Å². The molecular formula is C19H16Cl2N4O. The zero-order chi connectivity index (χ0) is 18.7. The van der Waals surface area contributed by atoms with Crippen LogP contribution in [-0.2, 0) is 0 Å². The van der Waals surface area contributed by atoms with Crippen molar-refractivity contribution >= 4 is 46.4 Å². The second-order valence-corrected chi connectivity index (χ2v) is 6.51. The van der Waals surface area contributed by atoms with Gasteiger partial charge in [0.1, 0.15) is 5.69 Å². The van der Waals surface area contributed by atoms with Gasteiger partial charge in [0.15, 0.2) is 0 Å². The Labute approximate surface area is 161 Å². The largest absolute Gasteiger partial charge is 0.323 e. The van der Waals surface area contributed by atoms with Crippen LogP contribution in [-0.4, -0.2) is 22.9 Å². The molecule has 0 bridgehead atoms. The molecule has 0 spiro atoms. The molecule has 0 aliphatic heterocycles. The maximum absolute atomic E-state index is 12.8. The van der Waals surface area contributed by atoms with Crippen LogP contribution in [0.4, 0.5) is 17.3 Å². The molecule has 1 amide bonds. The lowest BCUT2D eigenvalue weighted by atomic mass is 10.2. The SMILES string of the molecule is Cc1cc(C(=O)N(C)c2ccccc2)nc(Nc2ccc(Cl)cc2Cl)n1. The molecule has 0 atom stereocenters. The van der Waals surface area contributed by atoms with Gasteiger partial charge in [-0.25, -0.2) is 9.97 Å². The smallest absolute Gasteiger partial charge is 0.276 e. The van der Waals surface area contributed by atoms with Gasteiger partial charge in [0.2, 0.25) is 5.95 Å². The number of rotatable bonds is 4. The van der Waals surface area contributed by atoms with Gasteiger partial charge in [0.25, 0.3) is 5.91 Å². The molecule has 3 aromatic rings. The van der Waals surface area contributed by atoms with Crippen molar-refractivity contribution in [2.24, 2.45) is 0 Å². The summed E-state index contributed by atoms with van der Waals surface area (Å²) in [6.07, 6.45) is 0. The minimum absolute atomic E-state index is 0.230. The normalized spacial score (nSPS) is 10.5. The number of benzene rings is 2. The van der Waals surface area contributed by atoms with Crippen molar-refractivity contribution < 1.29 is 4.79 Å². The molecule has 0 saturated carbocycles. The van der Waals surface area contributed by atoms with Crippen LogP contribution in [0.3, 0.4) is 0 Å². The third-order valence-corrected chi connectivity index (χ3v) is 4.25. The molecule has 132 valence electrons. The van der Waals surface area contributed by atoms with Crippen LogP contribution >= 0.6 is 23.2 Å². The molecule has 0 radical (unpaired) electrons. The minimum atomic E-state index is -0.230. The molecule has 3 rings (SSSR count). The van der Waals surface area contributed by atoms with Gasteiger partial charge >= 0.3 is 0 Å². The summed E-state index contributed by atoms with van der Waals surface area (Å²) in [6.45, 7) is 1.80. The fraction of sp³-hybridized carbons (Fsp3) is 0.105. The molecule has 0 aliphatic rings. The average molecular weight is 387 g/mol. The number of hydrogen-bond acceptors (Lipinski definition) is 4. The van der Waals surface area contributed by atoms with E-state index in [0.29, 0.717) is 27.4 Å². The summed E-state index contributed by atoms with van der Waals surface area (Å²) in [6, 6.07) is 16.1. The number of carbonyl (C=O) groups is 1. The molecule has 0 aliphatic carbocycles. The Morgan fingerprint density at radius 3 is 2.46 bits per heavy atom. The number of nitrogens with zero attached hydrogens (tertiary/aromatic N) is 3. The van der Waals surface area contributed by atoms with E-state index in [1.807, 2.05) is 30.3 Å². The molecular weight excluding hydrogens is 371 g/mol. The highest BCUT2D eigenvalue weighted by atomic mass is 35.5. The van der Waals surface area contributed by atoms with E-state index in [2.05, 4.69) is 15.3 Å². The molecule has 0 fully saturated rings. The highest BCUT2D eigenvalue weighted by Gasteiger charge is 2.17. The van der Waals surface area contributed by atoms with Crippen molar-refractivity contribution in [2.45, 2.75) is 6.92 Å². The van der Waals surface area contributed by atoms with Crippen LogP contribution in [0.15, 0.2) is 54.6 Å². The molecule has 26 heavy (non-hydrogen) atoms. The quantitative estimate of drug-likeness (QED) is 0.676. The maximum Gasteiger partial charge on any atom is 0.276 e. The van der Waals surface area contributed by atoms with Crippen LogP contribution in [0.5, 0.6) is 0 Å². The van der Waals surface area contributed by atoms with Gasteiger partial charge in [-0.2, -0.15) is 0 Å². The van der Waals surface area contributed by atoms with Crippen molar-refractivity contribution in [3.8, 4) is 0 Å². The van der Waals surface area contributed by atoms with Gasteiger partial charge in [0, 0.05) is 23.5 Å². The Morgan fingerprint density at radius 2 is 1.77 bits per heavy atom. The predicted octanol–water partition coefficient (Wildman–Crippen LogP) is 5.11. The zero-order valence-electron chi connectivity index (χ0n) is 14.2. The van der Waals surface area contributed by atoms with Crippen LogP contribution in [0.2, 0.25) is 10.0 Å². The summed E-state index contributed by atoms with van der Waals surface area (Å²) in [4.78, 5) is 23.0. The Bertz CT molecular complexity index is 948. The predicted molar refractivity (Wildman–Crippen MR) is 106 cm³/mol. The van der Waals surface area contributed by atoms with E-state index in [1.54, 1.807) is 43.1 Å². The number of amides is 1. The lowest BCUT2D eigenvalue weighted by molar-refractivity contribution is 0.0988. The first-order chi connectivity index (χ1) is 12.4. The van der Waals surface area contributed by atoms with Gasteiger partial charge in [-0.05, 0) is 43.3 Å². The molecule has 5 nitrogen and oxygen atoms in total. The highest BCUT2D eigenvalue weighted by molar-refractivity contribution is 6.36. The molecule has 0 saturated heterocycles. The molecule has 7 heteroatoms. The number of aromatic nitrogens is 2. The van der Waals surface area contributed by atoms with E-state index in [0.717, 1.165) is 5.69 Å². The molecule has 1 N–H and O–H groups in total. The Morgan fingerprint density at radius 1 is 1.04 bits per heavy atom. The first-order valence-electron chi connectivity index (χ1n) is 7.85. The lowest BCUT2D eigenvalue weighted by Gasteiger charge is -2.17. The maximum atomic E-state index is 12.8. The first-order valence-corrected chi connectivity index (χ1v) is 8.60. The summed E-state index contributed by atoms with van der Waals surface area (Å²) in [5.41, 5.74) is 2.34. The third-order valence-electron chi connectivity index (χ3n) is 3.70. The molecule has 0 unspecified atom stereocenters. The Kier molecular flexibility index (Phi) is 5.40. The Hall–Kier alpha value is -2.63. The van der Waals surface area contributed by atoms with Gasteiger partial charge in [-0.1, -0.05) is 41.4 Å². The van der Waals surface area contributed by atoms with E-state index < -0.39 is 0 Å². The monoisotopic (exact) mass is 386 g/mol. The summed E-state index contributed by atoms with van der Waals surface area (Å²) >= 11 is 12.1. The number of hydrogen-bond donors (Lipinski definition) is 1. The molecule has 2 aromatic carbocycles. The highest BCUT2D eigenvalue weighted by Crippen LogP contribution is 2.27. The lowest BCUT2D eigenvalue weighted by Crippen LogP contribution is -2.27. The second kappa shape index (κ2) is 7.72. The van der Waals surface area contributed by atoms with Crippen LogP contribution < -0.4 is 10.2 Å². The van der Waals surface area contributed by atoms with Gasteiger partial charge in [-0.3, -0.25) is 4.79 Å². The molecule has 1 aromatic heterocycles. The summed E-state index contributed by atoms with van der Waals surface area (Å²) in [5.74, 6) is 0.0611. The second-order valence-electron chi connectivity index (χ2n) is 5.67. The van der Waals surface area contributed by atoms with E-state index in [9.17, 15) is 4.79 Å². The van der Waals surface area contributed by atoms with Crippen molar-refractivity contribution in [3.05, 3.63) is 76.0 Å². The van der Waals surface area contributed by atoms with Crippen LogP contribution in [0.25, 0.3) is 0 Å². The van der Waals surface area contributed by atoms with Crippen molar-refractivity contribution in [1.29, 1.82) is 0 Å². The minimum Gasteiger partial charge on any atom is -0.323 e. The summed E-state index contributed by atoms with van der Waals surface area (Å²) < 4.78 is 0. The van der Waals surface area contributed by atoms with E-state index in [-0.39, 0.29) is 11.6 Å². The third kappa shape index (κ3) is 4.12. The number of nitrogens with one attached hydrogen (secondary N) is 1. The number of halogens is 2. The van der Waals surface area contributed by atoms with Gasteiger partial charge < -0.3 is 10.2 Å². The number of aryl methyl sites for hydroxylation is 1. The Balaban J connectivity index is 1.89. The number of anilines is 3.